The minimum Gasteiger partial charge on any atom is -0.497 e. The van der Waals surface area contributed by atoms with E-state index in [1.54, 1.807) is 0 Å². The zero-order valence-electron chi connectivity index (χ0n) is 8.40. The molecule has 0 aromatic rings. The number of allylic oxidation sites excluding steroid dienone is 2. The number of carbonyl (C=O) groups is 1. The predicted molar refractivity (Wildman–Crippen MR) is 55.9 cm³/mol. The van der Waals surface area contributed by atoms with Crippen LogP contribution in [0, 0.1) is 0 Å². The summed E-state index contributed by atoms with van der Waals surface area (Å²) in [7, 11) is 0. The summed E-state index contributed by atoms with van der Waals surface area (Å²) >= 11 is 0. The topological polar surface area (TPSA) is 46.5 Å². The van der Waals surface area contributed by atoms with E-state index in [9.17, 15) is 4.79 Å². The molecule has 0 aliphatic heterocycles. The molecule has 1 N–H and O–H groups in total. The van der Waals surface area contributed by atoms with Crippen molar-refractivity contribution in [3.05, 3.63) is 36.6 Å². The molecule has 0 saturated carbocycles. The first-order valence-electron chi connectivity index (χ1n) is 4.44. The Morgan fingerprint density at radius 3 is 2.86 bits per heavy atom. The molecule has 0 atom stereocenters. The summed E-state index contributed by atoms with van der Waals surface area (Å²) in [4.78, 5) is 10.0. The van der Waals surface area contributed by atoms with Crippen molar-refractivity contribution in [3.63, 3.8) is 0 Å². The van der Waals surface area contributed by atoms with Crippen LogP contribution in [0.1, 0.15) is 19.8 Å². The zero-order chi connectivity index (χ0) is 10.8. The first kappa shape index (κ1) is 12.5. The summed E-state index contributed by atoms with van der Waals surface area (Å²) in [6.45, 7) is 6.04. The van der Waals surface area contributed by atoms with Crippen LogP contribution in [-0.2, 0) is 9.53 Å². The molecule has 78 valence electrons. The van der Waals surface area contributed by atoms with Crippen molar-refractivity contribution >= 4 is 5.97 Å². The van der Waals surface area contributed by atoms with E-state index >= 15 is 0 Å². The second-order valence-electron chi connectivity index (χ2n) is 2.85. The van der Waals surface area contributed by atoms with Gasteiger partial charge in [-0.15, -0.1) is 6.58 Å². The van der Waals surface area contributed by atoms with Gasteiger partial charge in [-0.05, 0) is 25.8 Å². The first-order chi connectivity index (χ1) is 6.66. The number of ether oxygens (including phenoxy) is 1. The van der Waals surface area contributed by atoms with Gasteiger partial charge in [0.1, 0.15) is 6.61 Å². The van der Waals surface area contributed by atoms with Crippen molar-refractivity contribution < 1.29 is 14.6 Å². The summed E-state index contributed by atoms with van der Waals surface area (Å²) in [6, 6.07) is 0. The third-order valence-electron chi connectivity index (χ3n) is 1.58. The van der Waals surface area contributed by atoms with Crippen molar-refractivity contribution in [2.45, 2.75) is 19.8 Å². The number of hydrogen-bond donors (Lipinski definition) is 1. The molecule has 0 unspecified atom stereocenters. The minimum absolute atomic E-state index is 0.409. The molecule has 0 saturated heterocycles. The Balaban J connectivity index is 3.59. The monoisotopic (exact) mass is 196 g/mol. The molecule has 0 fully saturated rings. The fraction of sp³-hybridized carbons (Fsp3) is 0.364. The van der Waals surface area contributed by atoms with E-state index in [1.807, 2.05) is 19.1 Å². The Morgan fingerprint density at radius 2 is 2.29 bits per heavy atom. The van der Waals surface area contributed by atoms with E-state index in [0.29, 0.717) is 6.61 Å². The number of aliphatic carboxylic acids is 1. The van der Waals surface area contributed by atoms with E-state index in [0.717, 1.165) is 18.9 Å². The van der Waals surface area contributed by atoms with Gasteiger partial charge >= 0.3 is 5.97 Å². The lowest BCUT2D eigenvalue weighted by Crippen LogP contribution is -1.89. The Hall–Kier alpha value is -1.51. The van der Waals surface area contributed by atoms with Crippen LogP contribution < -0.4 is 0 Å². The molecule has 0 aromatic carbocycles. The van der Waals surface area contributed by atoms with Crippen LogP contribution in [-0.4, -0.2) is 17.7 Å². The van der Waals surface area contributed by atoms with Gasteiger partial charge in [0.2, 0.25) is 0 Å². The van der Waals surface area contributed by atoms with Crippen LogP contribution in [0.3, 0.4) is 0 Å². The molecule has 0 bridgehead atoms. The third kappa shape index (κ3) is 8.59. The van der Waals surface area contributed by atoms with Gasteiger partial charge in [0.05, 0.1) is 12.3 Å². The van der Waals surface area contributed by atoms with Crippen LogP contribution in [0.5, 0.6) is 0 Å². The predicted octanol–water partition coefficient (Wildman–Crippen LogP) is 2.51. The number of hydrogen-bond acceptors (Lipinski definition) is 2. The van der Waals surface area contributed by atoms with Gasteiger partial charge in [0.25, 0.3) is 0 Å². The molecule has 0 rings (SSSR count). The lowest BCUT2D eigenvalue weighted by Gasteiger charge is -1.98. The highest BCUT2D eigenvalue weighted by molar-refractivity contribution is 5.79. The largest absolute Gasteiger partial charge is 0.497 e. The highest BCUT2D eigenvalue weighted by Crippen LogP contribution is 2.03. The smallest absolute Gasteiger partial charge is 0.331 e. The summed E-state index contributed by atoms with van der Waals surface area (Å²) in [5.74, 6) is -1.00. The molecule has 14 heavy (non-hydrogen) atoms. The Kier molecular flexibility index (Phi) is 7.23. The summed E-state index contributed by atoms with van der Waals surface area (Å²) < 4.78 is 4.93. The van der Waals surface area contributed by atoms with Gasteiger partial charge in [-0.25, -0.2) is 4.79 Å². The molecular formula is C11H16O3. The fourth-order valence-electron chi connectivity index (χ4n) is 0.784. The highest BCUT2D eigenvalue weighted by atomic mass is 16.5. The molecule has 0 radical (unpaired) electrons. The van der Waals surface area contributed by atoms with Crippen LogP contribution in [0.15, 0.2) is 36.6 Å². The Bertz CT molecular complexity index is 239. The summed E-state index contributed by atoms with van der Waals surface area (Å²) in [5, 5.41) is 8.24. The third-order valence-corrected chi connectivity index (χ3v) is 1.58. The van der Waals surface area contributed by atoms with Crippen molar-refractivity contribution in [2.75, 3.05) is 6.61 Å². The van der Waals surface area contributed by atoms with Gasteiger partial charge in [0, 0.05) is 0 Å². The average molecular weight is 196 g/mol. The zero-order valence-corrected chi connectivity index (χ0v) is 8.40. The van der Waals surface area contributed by atoms with Crippen molar-refractivity contribution in [1.29, 1.82) is 0 Å². The van der Waals surface area contributed by atoms with E-state index < -0.39 is 5.97 Å². The number of carboxylic acid groups (broad SMARTS) is 1. The number of rotatable bonds is 7. The van der Waals surface area contributed by atoms with Crippen LogP contribution in [0.2, 0.25) is 0 Å². The van der Waals surface area contributed by atoms with Gasteiger partial charge in [0.15, 0.2) is 0 Å². The molecule has 0 aliphatic carbocycles. The maximum absolute atomic E-state index is 10.0. The average Bonchev–Trinajstić information content (AvgIpc) is 2.13. The van der Waals surface area contributed by atoms with E-state index in [1.165, 1.54) is 11.8 Å². The molecule has 0 aliphatic rings. The van der Waals surface area contributed by atoms with E-state index in [2.05, 4.69) is 6.58 Å². The summed E-state index contributed by atoms with van der Waals surface area (Å²) in [5.41, 5.74) is 1.22. The molecule has 0 amide bonds. The van der Waals surface area contributed by atoms with Gasteiger partial charge < -0.3 is 9.84 Å². The van der Waals surface area contributed by atoms with Crippen LogP contribution in [0.4, 0.5) is 0 Å². The van der Waals surface area contributed by atoms with E-state index in [-0.39, 0.29) is 0 Å². The van der Waals surface area contributed by atoms with Gasteiger partial charge in [-0.2, -0.15) is 0 Å². The lowest BCUT2D eigenvalue weighted by atomic mass is 10.1. The fourth-order valence-corrected chi connectivity index (χ4v) is 0.784. The Morgan fingerprint density at radius 1 is 1.57 bits per heavy atom. The molecule has 0 aromatic heterocycles. The first-order valence-corrected chi connectivity index (χ1v) is 4.44. The minimum atomic E-state index is -1.00. The lowest BCUT2D eigenvalue weighted by molar-refractivity contribution is -0.131. The number of carboxylic acids is 1. The molecular weight excluding hydrogens is 180 g/mol. The van der Waals surface area contributed by atoms with Gasteiger partial charge in [-0.1, -0.05) is 11.6 Å². The maximum atomic E-state index is 10.0. The second-order valence-corrected chi connectivity index (χ2v) is 2.85. The second kappa shape index (κ2) is 8.10. The van der Waals surface area contributed by atoms with Gasteiger partial charge in [-0.3, -0.25) is 0 Å². The van der Waals surface area contributed by atoms with E-state index in [4.69, 9.17) is 9.84 Å². The maximum Gasteiger partial charge on any atom is 0.331 e. The Labute approximate surface area is 84.4 Å². The highest BCUT2D eigenvalue weighted by Gasteiger charge is 1.87. The molecule has 0 spiro atoms. The van der Waals surface area contributed by atoms with Crippen molar-refractivity contribution in [1.82, 2.24) is 0 Å². The quantitative estimate of drug-likeness (QED) is 0.294. The van der Waals surface area contributed by atoms with Crippen LogP contribution in [0.25, 0.3) is 0 Å². The molecule has 3 nitrogen and oxygen atoms in total. The molecule has 0 heterocycles. The van der Waals surface area contributed by atoms with Crippen LogP contribution >= 0.6 is 0 Å². The van der Waals surface area contributed by atoms with Crippen molar-refractivity contribution in [3.8, 4) is 0 Å². The SMILES string of the molecule is C=CCC/C(C)=C/CO/C=C/C(=O)O. The normalized spacial score (nSPS) is 11.6. The van der Waals surface area contributed by atoms with Crippen molar-refractivity contribution in [2.24, 2.45) is 0 Å². The summed E-state index contributed by atoms with van der Waals surface area (Å²) in [6.07, 6.45) is 7.85. The standard InChI is InChI=1S/C11H16O3/c1-3-4-5-10(2)6-8-14-9-7-11(12)13/h3,6-7,9H,1,4-5,8H2,2H3,(H,12,13)/b9-7+,10-6+. The molecule has 3 heteroatoms.